The van der Waals surface area contributed by atoms with E-state index in [2.05, 4.69) is 46.5 Å². The van der Waals surface area contributed by atoms with Gasteiger partial charge in [-0.2, -0.15) is 0 Å². The van der Waals surface area contributed by atoms with Crippen LogP contribution in [0.25, 0.3) is 0 Å². The summed E-state index contributed by atoms with van der Waals surface area (Å²) in [6.45, 7) is 2.05. The fraction of sp³-hybridized carbons (Fsp3) is 0.118. The fourth-order valence-electron chi connectivity index (χ4n) is 2.12. The largest absolute Gasteiger partial charge is 0.328 e. The quantitative estimate of drug-likeness (QED) is 0.774. The van der Waals surface area contributed by atoms with Crippen LogP contribution >= 0.6 is 11.3 Å². The van der Waals surface area contributed by atoms with Crippen LogP contribution in [-0.4, -0.2) is 15.9 Å². The summed E-state index contributed by atoms with van der Waals surface area (Å²) in [6, 6.07) is 11.4. The number of hydrogen-bond acceptors (Lipinski definition) is 4. The van der Waals surface area contributed by atoms with Gasteiger partial charge in [-0.25, -0.2) is 4.98 Å². The number of pyridine rings is 1. The minimum atomic E-state index is -0.455. The molecular formula is C17H15N3O2S. The number of carbonyl (C=O) groups excluding carboxylic acids is 1. The Morgan fingerprint density at radius 1 is 1.26 bits per heavy atom. The predicted molar refractivity (Wildman–Crippen MR) is 91.1 cm³/mol. The zero-order valence-corrected chi connectivity index (χ0v) is 13.3. The van der Waals surface area contributed by atoms with Crippen LogP contribution in [0.1, 0.15) is 26.4 Å². The third-order valence-electron chi connectivity index (χ3n) is 3.34. The molecular weight excluding hydrogens is 310 g/mol. The number of rotatable bonds is 4. The van der Waals surface area contributed by atoms with Gasteiger partial charge < -0.3 is 4.98 Å². The molecule has 0 spiro atoms. The number of nitrogens with one attached hydrogen (secondary N) is 2. The second kappa shape index (κ2) is 6.58. The lowest BCUT2D eigenvalue weighted by atomic mass is 10.1. The van der Waals surface area contributed by atoms with Crippen molar-refractivity contribution in [2.45, 2.75) is 13.3 Å². The molecule has 0 fully saturated rings. The maximum Gasteiger partial charge on any atom is 0.263 e. The molecule has 3 aromatic rings. The number of carbonyl (C=O) groups is 1. The van der Waals surface area contributed by atoms with Crippen LogP contribution < -0.4 is 10.9 Å². The summed E-state index contributed by atoms with van der Waals surface area (Å²) in [6.07, 6.45) is 4.00. The second-order valence-electron chi connectivity index (χ2n) is 5.16. The first-order valence-corrected chi connectivity index (χ1v) is 7.93. The van der Waals surface area contributed by atoms with Crippen molar-refractivity contribution in [2.24, 2.45) is 0 Å². The summed E-state index contributed by atoms with van der Waals surface area (Å²) in [5.41, 5.74) is 2.07. The van der Waals surface area contributed by atoms with Crippen LogP contribution in [0.3, 0.4) is 0 Å². The van der Waals surface area contributed by atoms with Crippen molar-refractivity contribution in [2.75, 3.05) is 5.32 Å². The van der Waals surface area contributed by atoms with Gasteiger partial charge in [0.1, 0.15) is 5.56 Å². The number of aromatic amines is 1. The first-order valence-electron chi connectivity index (χ1n) is 7.11. The molecule has 6 heteroatoms. The van der Waals surface area contributed by atoms with E-state index < -0.39 is 11.5 Å². The van der Waals surface area contributed by atoms with E-state index in [0.717, 1.165) is 11.3 Å². The summed E-state index contributed by atoms with van der Waals surface area (Å²) in [5, 5.41) is 3.15. The smallest absolute Gasteiger partial charge is 0.263 e. The Morgan fingerprint density at radius 2 is 2.04 bits per heavy atom. The highest BCUT2D eigenvalue weighted by Gasteiger charge is 2.12. The Labute approximate surface area is 137 Å². The molecule has 0 radical (unpaired) electrons. The number of nitrogens with zero attached hydrogens (tertiary/aromatic N) is 1. The zero-order valence-electron chi connectivity index (χ0n) is 12.5. The van der Waals surface area contributed by atoms with E-state index in [-0.39, 0.29) is 5.56 Å². The molecule has 0 bridgehead atoms. The van der Waals surface area contributed by atoms with E-state index >= 15 is 0 Å². The Morgan fingerprint density at radius 3 is 2.78 bits per heavy atom. The van der Waals surface area contributed by atoms with Crippen molar-refractivity contribution in [1.82, 2.24) is 9.97 Å². The maximum atomic E-state index is 12.1. The maximum absolute atomic E-state index is 12.1. The average molecular weight is 325 g/mol. The minimum Gasteiger partial charge on any atom is -0.328 e. The van der Waals surface area contributed by atoms with Gasteiger partial charge in [-0.3, -0.25) is 14.9 Å². The SMILES string of the molecule is Cc1ccc(Cc2cnc(NC(=O)c3ccc[nH]c3=O)s2)cc1. The molecule has 1 aromatic carbocycles. The molecule has 0 aliphatic rings. The van der Waals surface area contributed by atoms with E-state index in [1.165, 1.54) is 34.7 Å². The Bertz CT molecular complexity index is 881. The molecule has 0 aliphatic carbocycles. The molecule has 0 saturated carbocycles. The molecule has 2 aromatic heterocycles. The topological polar surface area (TPSA) is 74.8 Å². The third-order valence-corrected chi connectivity index (χ3v) is 4.25. The lowest BCUT2D eigenvalue weighted by Gasteiger charge is -2.00. The number of thiazole rings is 1. The van der Waals surface area contributed by atoms with Crippen LogP contribution in [0.2, 0.25) is 0 Å². The highest BCUT2D eigenvalue weighted by molar-refractivity contribution is 7.15. The van der Waals surface area contributed by atoms with Crippen LogP contribution in [-0.2, 0) is 6.42 Å². The predicted octanol–water partition coefficient (Wildman–Crippen LogP) is 2.98. The molecule has 23 heavy (non-hydrogen) atoms. The van der Waals surface area contributed by atoms with Gasteiger partial charge in [0.25, 0.3) is 11.5 Å². The summed E-state index contributed by atoms with van der Waals surface area (Å²) in [4.78, 5) is 31.4. The summed E-state index contributed by atoms with van der Waals surface area (Å²) in [7, 11) is 0. The Hall–Kier alpha value is -2.73. The van der Waals surface area contributed by atoms with Crippen molar-refractivity contribution >= 4 is 22.4 Å². The van der Waals surface area contributed by atoms with E-state index in [0.29, 0.717) is 5.13 Å². The number of aryl methyl sites for hydroxylation is 1. The summed E-state index contributed by atoms with van der Waals surface area (Å²) < 4.78 is 0. The fourth-order valence-corrected chi connectivity index (χ4v) is 2.96. The molecule has 0 saturated heterocycles. The van der Waals surface area contributed by atoms with Crippen molar-refractivity contribution in [3.8, 4) is 0 Å². The standard InChI is InChI=1S/C17H15N3O2S/c1-11-4-6-12(7-5-11)9-13-10-19-17(23-13)20-16(22)14-3-2-8-18-15(14)21/h2-8,10H,9H2,1H3,(H,18,21)(H,19,20,22). The van der Waals surface area contributed by atoms with E-state index in [4.69, 9.17) is 0 Å². The van der Waals surface area contributed by atoms with E-state index in [9.17, 15) is 9.59 Å². The van der Waals surface area contributed by atoms with Gasteiger partial charge in [0.2, 0.25) is 0 Å². The monoisotopic (exact) mass is 325 g/mol. The molecule has 2 heterocycles. The van der Waals surface area contributed by atoms with E-state index in [1.807, 2.05) is 0 Å². The van der Waals surface area contributed by atoms with Gasteiger partial charge >= 0.3 is 0 Å². The lowest BCUT2D eigenvalue weighted by molar-refractivity contribution is 0.102. The van der Waals surface area contributed by atoms with Crippen molar-refractivity contribution in [1.29, 1.82) is 0 Å². The number of anilines is 1. The molecule has 0 aliphatic heterocycles. The first kappa shape index (κ1) is 15.2. The molecule has 1 amide bonds. The third kappa shape index (κ3) is 3.73. The Kier molecular flexibility index (Phi) is 4.34. The van der Waals surface area contributed by atoms with Crippen LogP contribution in [0.15, 0.2) is 53.6 Å². The van der Waals surface area contributed by atoms with Crippen molar-refractivity contribution in [3.63, 3.8) is 0 Å². The molecule has 116 valence electrons. The van der Waals surface area contributed by atoms with Gasteiger partial charge in [0.15, 0.2) is 5.13 Å². The number of aromatic nitrogens is 2. The molecule has 2 N–H and O–H groups in total. The van der Waals surface area contributed by atoms with Crippen LogP contribution in [0.5, 0.6) is 0 Å². The van der Waals surface area contributed by atoms with Gasteiger partial charge in [0.05, 0.1) is 0 Å². The molecule has 3 rings (SSSR count). The lowest BCUT2D eigenvalue weighted by Crippen LogP contribution is -2.22. The molecule has 0 unspecified atom stereocenters. The van der Waals surface area contributed by atoms with Crippen LogP contribution in [0, 0.1) is 6.92 Å². The first-order chi connectivity index (χ1) is 11.1. The van der Waals surface area contributed by atoms with Gasteiger partial charge in [-0.05, 0) is 24.6 Å². The molecule has 0 atom stereocenters. The normalized spacial score (nSPS) is 10.5. The second-order valence-corrected chi connectivity index (χ2v) is 6.28. The summed E-state index contributed by atoms with van der Waals surface area (Å²) >= 11 is 1.41. The number of H-pyrrole nitrogens is 1. The highest BCUT2D eigenvalue weighted by Crippen LogP contribution is 2.21. The number of amides is 1. The Balaban J connectivity index is 1.70. The minimum absolute atomic E-state index is 0.0720. The molecule has 5 nitrogen and oxygen atoms in total. The van der Waals surface area contributed by atoms with Crippen molar-refractivity contribution < 1.29 is 4.79 Å². The van der Waals surface area contributed by atoms with Crippen molar-refractivity contribution in [3.05, 3.63) is 80.7 Å². The number of benzene rings is 1. The average Bonchev–Trinajstić information content (AvgIpc) is 2.97. The van der Waals surface area contributed by atoms with Crippen LogP contribution in [0.4, 0.5) is 5.13 Å². The summed E-state index contributed by atoms with van der Waals surface area (Å²) in [5.74, 6) is -0.455. The van der Waals surface area contributed by atoms with Gasteiger partial charge in [0, 0.05) is 23.7 Å². The van der Waals surface area contributed by atoms with Gasteiger partial charge in [-0.15, -0.1) is 11.3 Å². The van der Waals surface area contributed by atoms with E-state index in [1.54, 1.807) is 12.3 Å². The zero-order chi connectivity index (χ0) is 16.2. The highest BCUT2D eigenvalue weighted by atomic mass is 32.1. The van der Waals surface area contributed by atoms with Gasteiger partial charge in [-0.1, -0.05) is 29.8 Å². The number of hydrogen-bond donors (Lipinski definition) is 2.